The highest BCUT2D eigenvalue weighted by Gasteiger charge is 2.24. The van der Waals surface area contributed by atoms with Crippen molar-refractivity contribution in [3.8, 4) is 0 Å². The molecule has 0 unspecified atom stereocenters. The lowest BCUT2D eigenvalue weighted by atomic mass is 10.1. The molecule has 0 saturated carbocycles. The molecular formula is C58H34N2OS3. The lowest BCUT2D eigenvalue weighted by Crippen LogP contribution is -2.10. The van der Waals surface area contributed by atoms with E-state index in [0.29, 0.717) is 0 Å². The van der Waals surface area contributed by atoms with Crippen molar-refractivity contribution < 1.29 is 4.42 Å². The Balaban J connectivity index is 0.945. The van der Waals surface area contributed by atoms with Gasteiger partial charge < -0.3 is 14.2 Å². The van der Waals surface area contributed by atoms with Crippen LogP contribution in [0, 0.1) is 0 Å². The number of fused-ring (bicyclic) bond motifs is 13. The first kappa shape index (κ1) is 36.0. The summed E-state index contributed by atoms with van der Waals surface area (Å²) >= 11 is 5.54. The first-order valence-corrected chi connectivity index (χ1v) is 23.9. The summed E-state index contributed by atoms with van der Waals surface area (Å²) in [5.74, 6) is 0. The quantitative estimate of drug-likeness (QED) is 0.166. The lowest BCUT2D eigenvalue weighted by Gasteiger charge is -2.27. The van der Waals surface area contributed by atoms with Gasteiger partial charge in [-0.1, -0.05) is 133 Å². The Morgan fingerprint density at radius 2 is 0.734 bits per heavy atom. The van der Waals surface area contributed by atoms with Gasteiger partial charge in [-0.05, 0) is 77.5 Å². The largest absolute Gasteiger partial charge is 0.454 e. The van der Waals surface area contributed by atoms with Crippen LogP contribution in [0.25, 0.3) is 93.2 Å². The molecule has 4 aromatic heterocycles. The highest BCUT2D eigenvalue weighted by atomic mass is 32.1. The third-order valence-electron chi connectivity index (χ3n) is 12.8. The van der Waals surface area contributed by atoms with E-state index in [1.165, 1.54) is 77.0 Å². The molecule has 0 aliphatic carbocycles. The average molecular weight is 871 g/mol. The van der Waals surface area contributed by atoms with Crippen LogP contribution < -0.4 is 9.80 Å². The molecule has 0 fully saturated rings. The van der Waals surface area contributed by atoms with E-state index in [4.69, 9.17) is 4.42 Å². The number of rotatable bonds is 6. The van der Waals surface area contributed by atoms with E-state index >= 15 is 0 Å². The van der Waals surface area contributed by atoms with E-state index in [1.807, 2.05) is 34.0 Å². The van der Waals surface area contributed by atoms with Crippen LogP contribution in [-0.2, 0) is 0 Å². The predicted octanol–water partition coefficient (Wildman–Crippen LogP) is 18.8. The molecule has 14 aromatic rings. The minimum Gasteiger partial charge on any atom is -0.454 e. The third kappa shape index (κ3) is 5.37. The van der Waals surface area contributed by atoms with Gasteiger partial charge in [-0.2, -0.15) is 0 Å². The lowest BCUT2D eigenvalue weighted by molar-refractivity contribution is 0.673. The molecule has 0 atom stereocenters. The first-order chi connectivity index (χ1) is 31.7. The number of anilines is 6. The molecule has 4 heterocycles. The predicted molar refractivity (Wildman–Crippen MR) is 279 cm³/mol. The second-order valence-corrected chi connectivity index (χ2v) is 19.6. The standard InChI is InChI=1S/C58H34N2OS3/c1-3-17-39-35(13-1)15-9-23-47(39)59(49-25-11-21-43-41-19-5-7-27-52(41)62-56(43)49)37-29-31-45-51(33-37)61-55-46-32-30-38(34-54(46)64-58(45)55)60(48-24-10-16-36-14-2-4-18-40(36)48)50-26-12-22-44-42-20-6-8-28-53(42)63-57(44)50/h1-34H. The normalized spacial score (nSPS) is 12.1. The summed E-state index contributed by atoms with van der Waals surface area (Å²) in [7, 11) is 0. The number of furan rings is 1. The van der Waals surface area contributed by atoms with Gasteiger partial charge in [0.25, 0.3) is 0 Å². The molecule has 0 bridgehead atoms. The summed E-state index contributed by atoms with van der Waals surface area (Å²) in [5, 5.41) is 12.2. The van der Waals surface area contributed by atoms with Crippen molar-refractivity contribution in [2.45, 2.75) is 0 Å². The van der Waals surface area contributed by atoms with Gasteiger partial charge in [0.05, 0.1) is 36.8 Å². The Hall–Kier alpha value is -7.48. The second kappa shape index (κ2) is 14.0. The molecule has 0 saturated heterocycles. The van der Waals surface area contributed by atoms with Crippen LogP contribution in [0.2, 0.25) is 0 Å². The zero-order valence-corrected chi connectivity index (χ0v) is 36.6. The van der Waals surface area contributed by atoms with Gasteiger partial charge in [-0.15, -0.1) is 34.0 Å². The van der Waals surface area contributed by atoms with Crippen LogP contribution in [0.4, 0.5) is 34.1 Å². The maximum absolute atomic E-state index is 6.98. The fraction of sp³-hybridized carbons (Fsp3) is 0. The molecule has 14 rings (SSSR count). The van der Waals surface area contributed by atoms with Crippen molar-refractivity contribution in [2.24, 2.45) is 0 Å². The smallest absolute Gasteiger partial charge is 0.154 e. The Morgan fingerprint density at radius 3 is 1.33 bits per heavy atom. The van der Waals surface area contributed by atoms with Crippen molar-refractivity contribution in [3.63, 3.8) is 0 Å². The number of nitrogens with zero attached hydrogens (tertiary/aromatic N) is 2. The third-order valence-corrected chi connectivity index (χ3v) is 16.4. The average Bonchev–Trinajstić information content (AvgIpc) is 4.11. The fourth-order valence-corrected chi connectivity index (χ4v) is 13.6. The number of hydrogen-bond donors (Lipinski definition) is 0. The summed E-state index contributed by atoms with van der Waals surface area (Å²) in [6, 6.07) is 75.3. The molecule has 300 valence electrons. The molecule has 10 aromatic carbocycles. The van der Waals surface area contributed by atoms with Gasteiger partial charge >= 0.3 is 0 Å². The summed E-state index contributed by atoms with van der Waals surface area (Å²) in [6.07, 6.45) is 0. The number of hydrogen-bond acceptors (Lipinski definition) is 6. The van der Waals surface area contributed by atoms with Gasteiger partial charge in [0.15, 0.2) is 5.58 Å². The molecule has 0 aliphatic rings. The van der Waals surface area contributed by atoms with Crippen LogP contribution in [0.15, 0.2) is 211 Å². The fourth-order valence-electron chi connectivity index (χ4n) is 9.95. The van der Waals surface area contributed by atoms with Crippen molar-refractivity contribution in [2.75, 3.05) is 9.80 Å². The van der Waals surface area contributed by atoms with Crippen LogP contribution in [-0.4, -0.2) is 0 Å². The van der Waals surface area contributed by atoms with Gasteiger partial charge in [0, 0.05) is 74.6 Å². The molecule has 0 spiro atoms. The molecule has 0 N–H and O–H groups in total. The zero-order chi connectivity index (χ0) is 41.9. The van der Waals surface area contributed by atoms with Crippen LogP contribution in [0.5, 0.6) is 0 Å². The Kier molecular flexibility index (Phi) is 7.89. The molecule has 0 amide bonds. The van der Waals surface area contributed by atoms with Crippen LogP contribution in [0.1, 0.15) is 0 Å². The van der Waals surface area contributed by atoms with Crippen molar-refractivity contribution >= 4 is 161 Å². The minimum absolute atomic E-state index is 0.882. The van der Waals surface area contributed by atoms with Gasteiger partial charge in [-0.3, -0.25) is 0 Å². The molecular weight excluding hydrogens is 837 g/mol. The number of benzene rings is 10. The summed E-state index contributed by atoms with van der Waals surface area (Å²) in [4.78, 5) is 4.89. The zero-order valence-electron chi connectivity index (χ0n) is 34.2. The Morgan fingerprint density at radius 1 is 0.297 bits per heavy atom. The van der Waals surface area contributed by atoms with Crippen molar-refractivity contribution in [3.05, 3.63) is 206 Å². The Labute approximate surface area is 379 Å². The van der Waals surface area contributed by atoms with E-state index in [0.717, 1.165) is 50.4 Å². The molecule has 3 nitrogen and oxygen atoms in total. The maximum Gasteiger partial charge on any atom is 0.154 e. The van der Waals surface area contributed by atoms with Gasteiger partial charge in [0.2, 0.25) is 0 Å². The first-order valence-electron chi connectivity index (χ1n) is 21.5. The van der Waals surface area contributed by atoms with E-state index in [2.05, 4.69) is 216 Å². The molecule has 6 heteroatoms. The van der Waals surface area contributed by atoms with Gasteiger partial charge in [-0.25, -0.2) is 0 Å². The van der Waals surface area contributed by atoms with E-state index < -0.39 is 0 Å². The van der Waals surface area contributed by atoms with Crippen molar-refractivity contribution in [1.29, 1.82) is 0 Å². The van der Waals surface area contributed by atoms with Crippen LogP contribution in [0.3, 0.4) is 0 Å². The SMILES string of the molecule is c1ccc2c(N(c3ccc4c(c3)oc3c5ccc(N(c6cccc7ccccc67)c6cccc7c6sc6ccccc67)cc5sc43)c3cccc4c3sc3ccccc34)cccc2c1. The molecule has 0 radical (unpaired) electrons. The topological polar surface area (TPSA) is 19.6 Å². The summed E-state index contributed by atoms with van der Waals surface area (Å²) in [6.45, 7) is 0. The van der Waals surface area contributed by atoms with Gasteiger partial charge in [0.1, 0.15) is 5.58 Å². The Bertz CT molecular complexity index is 3910. The molecule has 0 aliphatic heterocycles. The van der Waals surface area contributed by atoms with Crippen LogP contribution >= 0.6 is 34.0 Å². The molecule has 64 heavy (non-hydrogen) atoms. The number of thiophene rings is 3. The van der Waals surface area contributed by atoms with E-state index in [-0.39, 0.29) is 0 Å². The van der Waals surface area contributed by atoms with E-state index in [1.54, 1.807) is 0 Å². The highest BCUT2D eigenvalue weighted by molar-refractivity contribution is 7.27. The second-order valence-electron chi connectivity index (χ2n) is 16.4. The summed E-state index contributed by atoms with van der Waals surface area (Å²) < 4.78 is 14.5. The maximum atomic E-state index is 6.98. The summed E-state index contributed by atoms with van der Waals surface area (Å²) in [5.41, 5.74) is 8.61. The van der Waals surface area contributed by atoms with E-state index in [9.17, 15) is 0 Å². The minimum atomic E-state index is 0.882. The highest BCUT2D eigenvalue weighted by Crippen LogP contribution is 2.51. The van der Waals surface area contributed by atoms with Crippen molar-refractivity contribution in [1.82, 2.24) is 0 Å². The monoisotopic (exact) mass is 870 g/mol.